The maximum atomic E-state index is 11.8. The van der Waals surface area contributed by atoms with Crippen molar-refractivity contribution in [2.45, 2.75) is 6.92 Å². The van der Waals surface area contributed by atoms with E-state index in [9.17, 15) is 14.9 Å². The van der Waals surface area contributed by atoms with E-state index in [0.29, 0.717) is 0 Å². The molecule has 0 radical (unpaired) electrons. The lowest BCUT2D eigenvalue weighted by atomic mass is 10.2. The highest BCUT2D eigenvalue weighted by molar-refractivity contribution is 7.13. The molecule has 0 bridgehead atoms. The van der Waals surface area contributed by atoms with E-state index in [4.69, 9.17) is 0 Å². The standard InChI is InChI=1S/C13H11N3O3S/c1-9-6-7-10(20-9)8-14-15-13(17)11-4-2-3-5-12(11)16(18)19/h2-8H,1H3,(H,15,17)/b14-8-. The number of hydrogen-bond acceptors (Lipinski definition) is 5. The van der Waals surface area contributed by atoms with Crippen LogP contribution in [0.5, 0.6) is 0 Å². The van der Waals surface area contributed by atoms with E-state index in [1.165, 1.54) is 35.8 Å². The molecule has 0 unspecified atom stereocenters. The van der Waals surface area contributed by atoms with Crippen LogP contribution >= 0.6 is 11.3 Å². The SMILES string of the molecule is Cc1ccc(/C=N\NC(=O)c2ccccc2[N+](=O)[O-])s1. The number of amides is 1. The normalized spacial score (nSPS) is 10.7. The van der Waals surface area contributed by atoms with Crippen molar-refractivity contribution in [1.29, 1.82) is 0 Å². The number of nitrogens with one attached hydrogen (secondary N) is 1. The largest absolute Gasteiger partial charge is 0.282 e. The van der Waals surface area contributed by atoms with Gasteiger partial charge in [-0.2, -0.15) is 5.10 Å². The highest BCUT2D eigenvalue weighted by atomic mass is 32.1. The topological polar surface area (TPSA) is 84.6 Å². The van der Waals surface area contributed by atoms with Crippen LogP contribution in [0.4, 0.5) is 5.69 Å². The van der Waals surface area contributed by atoms with Crippen molar-refractivity contribution in [2.75, 3.05) is 0 Å². The average molecular weight is 289 g/mol. The zero-order chi connectivity index (χ0) is 14.5. The van der Waals surface area contributed by atoms with Crippen molar-refractivity contribution in [3.05, 3.63) is 61.8 Å². The molecule has 1 N–H and O–H groups in total. The summed E-state index contributed by atoms with van der Waals surface area (Å²) in [7, 11) is 0. The van der Waals surface area contributed by atoms with Gasteiger partial charge in [0.15, 0.2) is 0 Å². The number of thiophene rings is 1. The molecule has 0 saturated carbocycles. The Morgan fingerprint density at radius 1 is 1.35 bits per heavy atom. The highest BCUT2D eigenvalue weighted by Gasteiger charge is 2.18. The first-order chi connectivity index (χ1) is 9.58. The number of nitro groups is 1. The first-order valence-electron chi connectivity index (χ1n) is 5.71. The number of para-hydroxylation sites is 1. The van der Waals surface area contributed by atoms with Crippen LogP contribution < -0.4 is 5.43 Å². The quantitative estimate of drug-likeness (QED) is 0.533. The van der Waals surface area contributed by atoms with Crippen LogP contribution in [0.25, 0.3) is 0 Å². The predicted molar refractivity (Wildman–Crippen MR) is 77.2 cm³/mol. The van der Waals surface area contributed by atoms with Crippen LogP contribution in [0.15, 0.2) is 41.5 Å². The summed E-state index contributed by atoms with van der Waals surface area (Å²) in [5.74, 6) is -0.609. The third-order valence-corrected chi connectivity index (χ3v) is 3.40. The third kappa shape index (κ3) is 3.27. The zero-order valence-electron chi connectivity index (χ0n) is 10.6. The number of hydrazone groups is 1. The summed E-state index contributed by atoms with van der Waals surface area (Å²) < 4.78 is 0. The molecular formula is C13H11N3O3S. The van der Waals surface area contributed by atoms with Crippen LogP contribution in [-0.2, 0) is 0 Å². The second-order valence-electron chi connectivity index (χ2n) is 3.92. The van der Waals surface area contributed by atoms with Gasteiger partial charge in [-0.3, -0.25) is 14.9 Å². The minimum absolute atomic E-state index is 0.0167. The molecular weight excluding hydrogens is 278 g/mol. The lowest BCUT2D eigenvalue weighted by molar-refractivity contribution is -0.385. The number of hydrogen-bond donors (Lipinski definition) is 1. The lowest BCUT2D eigenvalue weighted by Crippen LogP contribution is -2.18. The number of carbonyl (C=O) groups excluding carboxylic acids is 1. The van der Waals surface area contributed by atoms with E-state index in [2.05, 4.69) is 10.5 Å². The van der Waals surface area contributed by atoms with E-state index in [0.717, 1.165) is 9.75 Å². The number of nitrogens with zero attached hydrogens (tertiary/aromatic N) is 2. The average Bonchev–Trinajstić information content (AvgIpc) is 2.84. The summed E-state index contributed by atoms with van der Waals surface area (Å²) in [6.07, 6.45) is 1.50. The molecule has 7 heteroatoms. The summed E-state index contributed by atoms with van der Waals surface area (Å²) in [4.78, 5) is 24.1. The van der Waals surface area contributed by atoms with Gasteiger partial charge in [0.2, 0.25) is 0 Å². The number of nitro benzene ring substituents is 1. The Kier molecular flexibility index (Phi) is 4.21. The van der Waals surface area contributed by atoms with Gasteiger partial charge in [0, 0.05) is 15.8 Å². The van der Waals surface area contributed by atoms with Crippen molar-refractivity contribution >= 4 is 29.1 Å². The molecule has 0 aliphatic heterocycles. The number of aryl methyl sites for hydroxylation is 1. The molecule has 0 fully saturated rings. The Bertz CT molecular complexity index is 679. The van der Waals surface area contributed by atoms with Crippen molar-refractivity contribution in [3.63, 3.8) is 0 Å². The Balaban J connectivity index is 2.09. The maximum absolute atomic E-state index is 11.8. The van der Waals surface area contributed by atoms with E-state index in [-0.39, 0.29) is 11.3 Å². The van der Waals surface area contributed by atoms with Crippen molar-refractivity contribution in [3.8, 4) is 0 Å². The van der Waals surface area contributed by atoms with Gasteiger partial charge in [-0.1, -0.05) is 12.1 Å². The van der Waals surface area contributed by atoms with Gasteiger partial charge in [-0.25, -0.2) is 5.43 Å². The number of carbonyl (C=O) groups is 1. The van der Waals surface area contributed by atoms with Crippen LogP contribution in [0.3, 0.4) is 0 Å². The fourth-order valence-electron chi connectivity index (χ4n) is 1.56. The first kappa shape index (κ1) is 13.9. The van der Waals surface area contributed by atoms with E-state index < -0.39 is 10.8 Å². The van der Waals surface area contributed by atoms with Gasteiger partial charge in [0.1, 0.15) is 5.56 Å². The lowest BCUT2D eigenvalue weighted by Gasteiger charge is -2.00. The van der Waals surface area contributed by atoms with E-state index >= 15 is 0 Å². The molecule has 0 aliphatic carbocycles. The monoisotopic (exact) mass is 289 g/mol. The van der Waals surface area contributed by atoms with Gasteiger partial charge in [-0.05, 0) is 25.1 Å². The van der Waals surface area contributed by atoms with Crippen molar-refractivity contribution in [2.24, 2.45) is 5.10 Å². The molecule has 0 aliphatic rings. The second kappa shape index (κ2) is 6.07. The van der Waals surface area contributed by atoms with Crippen molar-refractivity contribution < 1.29 is 9.72 Å². The molecule has 2 aromatic rings. The van der Waals surface area contributed by atoms with E-state index in [1.807, 2.05) is 19.1 Å². The minimum Gasteiger partial charge on any atom is -0.267 e. The van der Waals surface area contributed by atoms with Gasteiger partial charge in [0.05, 0.1) is 11.1 Å². The Morgan fingerprint density at radius 2 is 2.10 bits per heavy atom. The van der Waals surface area contributed by atoms with E-state index in [1.54, 1.807) is 6.07 Å². The van der Waals surface area contributed by atoms with Crippen LogP contribution in [0, 0.1) is 17.0 Å². The summed E-state index contributed by atoms with van der Waals surface area (Å²) in [5.41, 5.74) is 2.02. The fourth-order valence-corrected chi connectivity index (χ4v) is 2.31. The number of rotatable bonds is 4. The minimum atomic E-state index is -0.609. The molecule has 0 atom stereocenters. The molecule has 20 heavy (non-hydrogen) atoms. The fraction of sp³-hybridized carbons (Fsp3) is 0.0769. The molecule has 6 nitrogen and oxygen atoms in total. The molecule has 2 rings (SSSR count). The smallest absolute Gasteiger partial charge is 0.267 e. The molecule has 1 aromatic heterocycles. The second-order valence-corrected chi connectivity index (χ2v) is 5.24. The molecule has 1 amide bonds. The number of benzene rings is 1. The first-order valence-corrected chi connectivity index (χ1v) is 6.53. The summed E-state index contributed by atoms with van der Waals surface area (Å²) >= 11 is 1.53. The Labute approximate surface area is 118 Å². The summed E-state index contributed by atoms with van der Waals surface area (Å²) in [6, 6.07) is 9.55. The van der Waals surface area contributed by atoms with Crippen LogP contribution in [-0.4, -0.2) is 17.0 Å². The highest BCUT2D eigenvalue weighted by Crippen LogP contribution is 2.17. The van der Waals surface area contributed by atoms with Gasteiger partial charge in [-0.15, -0.1) is 11.3 Å². The van der Waals surface area contributed by atoms with Gasteiger partial charge in [0.25, 0.3) is 11.6 Å². The molecule has 102 valence electrons. The Morgan fingerprint density at radius 3 is 2.75 bits per heavy atom. The summed E-state index contributed by atoms with van der Waals surface area (Å²) in [6.45, 7) is 1.97. The molecule has 0 spiro atoms. The van der Waals surface area contributed by atoms with Crippen molar-refractivity contribution in [1.82, 2.24) is 5.43 Å². The molecule has 1 aromatic carbocycles. The van der Waals surface area contributed by atoms with Gasteiger partial charge >= 0.3 is 0 Å². The molecule has 0 saturated heterocycles. The maximum Gasteiger partial charge on any atom is 0.282 e. The predicted octanol–water partition coefficient (Wildman–Crippen LogP) is 2.73. The molecule has 1 heterocycles. The summed E-state index contributed by atoms with van der Waals surface area (Å²) in [5, 5.41) is 14.6. The zero-order valence-corrected chi connectivity index (χ0v) is 11.4. The van der Waals surface area contributed by atoms with Crippen LogP contribution in [0.2, 0.25) is 0 Å². The van der Waals surface area contributed by atoms with Gasteiger partial charge < -0.3 is 0 Å². The Hall–Kier alpha value is -2.54. The van der Waals surface area contributed by atoms with Crippen LogP contribution in [0.1, 0.15) is 20.1 Å². The third-order valence-electron chi connectivity index (χ3n) is 2.46.